The molecule has 0 bridgehead atoms. The zero-order chi connectivity index (χ0) is 61.7. The third-order valence-corrected chi connectivity index (χ3v) is 14.3. The number of hydrogen-bond acceptors (Lipinski definition) is 13. The lowest BCUT2D eigenvalue weighted by atomic mass is 10.0. The summed E-state index contributed by atoms with van der Waals surface area (Å²) in [5.74, 6) is 0.0552. The fraction of sp³-hybridized carbons (Fsp3) is 0.357. The molecule has 2 atom stereocenters. The van der Waals surface area contributed by atoms with Crippen molar-refractivity contribution in [3.05, 3.63) is 158 Å². The van der Waals surface area contributed by atoms with Gasteiger partial charge in [0.15, 0.2) is 26.2 Å². The molecule has 1 saturated carbocycles. The van der Waals surface area contributed by atoms with Crippen LogP contribution in [-0.2, 0) is 42.9 Å². The molecule has 2 heterocycles. The number of benzene rings is 5. The fourth-order valence-corrected chi connectivity index (χ4v) is 9.79. The summed E-state index contributed by atoms with van der Waals surface area (Å²) in [6.07, 6.45) is -4.78. The summed E-state index contributed by atoms with van der Waals surface area (Å²) in [5, 5.41) is 14.2. The van der Waals surface area contributed by atoms with Gasteiger partial charge in [0.2, 0.25) is 11.7 Å². The highest BCUT2D eigenvalue weighted by atomic mass is 35.5. The SMILES string of the molecule is CC1COc2ccccc2N1C(=O)C(Cl)Cl.CCOc1cc(Oc2ccc(C(F)(F)F)cc2Cl)ccc1[N+](=O)[O-].CCc1cccc(C)c1N(C(=O)CCl)C(C)COC.CS(=O)(=O)c1cc(C(F)(F)F)ccc1C(=O)c1cnoc1C1CC1. The highest BCUT2D eigenvalue weighted by Gasteiger charge is 2.37. The van der Waals surface area contributed by atoms with E-state index in [9.17, 15) is 59.3 Å². The van der Waals surface area contributed by atoms with E-state index in [0.717, 1.165) is 72.3 Å². The number of carbonyl (C=O) groups is 3. The van der Waals surface area contributed by atoms with Gasteiger partial charge in [0.05, 0.1) is 74.4 Å². The number of amides is 2. The van der Waals surface area contributed by atoms with Crippen molar-refractivity contribution in [2.24, 2.45) is 0 Å². The number of para-hydroxylation sites is 3. The van der Waals surface area contributed by atoms with Gasteiger partial charge in [-0.15, -0.1) is 11.6 Å². The molecular weight excluding hydrogens is 1210 g/mol. The molecule has 6 aromatic rings. The monoisotopic (exact) mass is 1260 g/mol. The molecule has 1 fully saturated rings. The van der Waals surface area contributed by atoms with E-state index < -0.39 is 53.8 Å². The van der Waals surface area contributed by atoms with Crippen LogP contribution in [0.3, 0.4) is 0 Å². The van der Waals surface area contributed by atoms with E-state index in [1.165, 1.54) is 24.4 Å². The van der Waals surface area contributed by atoms with Crippen LogP contribution in [0.15, 0.2) is 113 Å². The number of ether oxygens (including phenoxy) is 4. The van der Waals surface area contributed by atoms with Gasteiger partial charge in [0.1, 0.15) is 29.7 Å². The van der Waals surface area contributed by atoms with E-state index in [1.54, 1.807) is 23.8 Å². The van der Waals surface area contributed by atoms with E-state index in [-0.39, 0.29) is 81.4 Å². The minimum Gasteiger partial charge on any atom is -0.489 e. The van der Waals surface area contributed by atoms with Crippen LogP contribution < -0.4 is 24.0 Å². The number of anilines is 2. The predicted molar refractivity (Wildman–Crippen MR) is 302 cm³/mol. The average molecular weight is 1260 g/mol. The second-order valence-electron chi connectivity index (χ2n) is 18.5. The van der Waals surface area contributed by atoms with Crippen LogP contribution in [0.1, 0.15) is 90.4 Å². The van der Waals surface area contributed by atoms with Crippen molar-refractivity contribution in [3.63, 3.8) is 0 Å². The smallest absolute Gasteiger partial charge is 0.416 e. The van der Waals surface area contributed by atoms with Crippen molar-refractivity contribution in [1.82, 2.24) is 5.16 Å². The van der Waals surface area contributed by atoms with Gasteiger partial charge >= 0.3 is 18.0 Å². The zero-order valence-electron chi connectivity index (χ0n) is 45.4. The number of halogens is 10. The first kappa shape index (κ1) is 67.2. The summed E-state index contributed by atoms with van der Waals surface area (Å²) in [6.45, 7) is 10.8. The molecule has 83 heavy (non-hydrogen) atoms. The van der Waals surface area contributed by atoms with Gasteiger partial charge in [-0.1, -0.05) is 77.2 Å². The normalized spacial score (nSPS) is 14.2. The first-order valence-corrected chi connectivity index (χ1v) is 28.8. The highest BCUT2D eigenvalue weighted by molar-refractivity contribution is 7.90. The quantitative estimate of drug-likeness (QED) is 0.0292. The Hall–Kier alpha value is -6.63. The number of aromatic nitrogens is 1. The van der Waals surface area contributed by atoms with Crippen molar-refractivity contribution >= 4 is 90.9 Å². The summed E-state index contributed by atoms with van der Waals surface area (Å²) in [7, 11) is -2.40. The van der Waals surface area contributed by atoms with Gasteiger partial charge in [-0.25, -0.2) is 8.42 Å². The number of sulfone groups is 1. The maximum atomic E-state index is 12.8. The van der Waals surface area contributed by atoms with Crippen molar-refractivity contribution < 1.29 is 77.5 Å². The number of alkyl halides is 9. The third kappa shape index (κ3) is 17.7. The van der Waals surface area contributed by atoms with E-state index in [0.29, 0.717) is 36.9 Å². The molecule has 5 aromatic carbocycles. The molecule has 1 aliphatic carbocycles. The lowest BCUT2D eigenvalue weighted by Crippen LogP contribution is -2.47. The number of aryl methyl sites for hydroxylation is 2. The summed E-state index contributed by atoms with van der Waals surface area (Å²) in [6, 6.07) is 21.8. The molecule has 2 amide bonds. The molecule has 1 aliphatic heterocycles. The van der Waals surface area contributed by atoms with Crippen LogP contribution in [0.4, 0.5) is 43.4 Å². The Labute approximate surface area is 494 Å². The van der Waals surface area contributed by atoms with E-state index in [1.807, 2.05) is 57.2 Å². The van der Waals surface area contributed by atoms with Gasteiger partial charge in [0.25, 0.3) is 5.91 Å². The van der Waals surface area contributed by atoms with Crippen LogP contribution >= 0.6 is 46.4 Å². The topological polar surface area (TPSA) is 198 Å². The Bertz CT molecular complexity index is 3380. The summed E-state index contributed by atoms with van der Waals surface area (Å²) in [4.78, 5) is 48.7. The van der Waals surface area contributed by atoms with Crippen LogP contribution in [0.5, 0.6) is 23.0 Å². The average Bonchev–Trinajstić information content (AvgIpc) is 4.37. The summed E-state index contributed by atoms with van der Waals surface area (Å²) < 4.78 is 126. The molecule has 2 aliphatic rings. The first-order chi connectivity index (χ1) is 39.0. The molecule has 0 spiro atoms. The Morgan fingerprint density at radius 2 is 1.55 bits per heavy atom. The maximum absolute atomic E-state index is 12.8. The number of nitro benzene ring substituents is 1. The van der Waals surface area contributed by atoms with Gasteiger partial charge in [-0.05, 0) is 113 Å². The Morgan fingerprint density at radius 1 is 0.904 bits per heavy atom. The lowest BCUT2D eigenvalue weighted by molar-refractivity contribution is -0.385. The minimum atomic E-state index is -4.71. The summed E-state index contributed by atoms with van der Waals surface area (Å²) >= 11 is 22.8. The molecule has 0 N–H and O–H groups in total. The standard InChI is InChI=1S/C15H11ClF3NO4.C15H22ClNO2.C15H12F3NO4S.C11H11Cl2NO2/c1-2-23-14-8-10(4-5-12(14)20(21)22)24-13-6-3-9(7-11(13)16)15(17,18)19;1-5-13-8-6-7-11(2)15(13)17(14(18)9-16)12(3)10-19-4;1-24(21,22)12-6-9(15(16,17)18)4-5-10(12)13(20)11-7-19-23-14(11)8-2-3-8;1-7-6-16-9-5-3-2-4-8(9)14(7)11(15)10(12)13/h3-8H,2H2,1H3;6-8,12H,5,9-10H2,1-4H3;4-8H,2-3H2,1H3;2-5,7,10H,6H2,1H3. The zero-order valence-corrected chi connectivity index (χ0v) is 49.3. The van der Waals surface area contributed by atoms with Crippen molar-refractivity contribution in [2.45, 2.75) is 94.0 Å². The molecule has 448 valence electrons. The number of rotatable bonds is 16. The first-order valence-electron chi connectivity index (χ1n) is 25.1. The minimum absolute atomic E-state index is 0.0111. The van der Waals surface area contributed by atoms with Crippen LogP contribution in [0, 0.1) is 17.0 Å². The van der Waals surface area contributed by atoms with Crippen LogP contribution in [0.2, 0.25) is 5.02 Å². The number of methoxy groups -OCH3 is 1. The lowest BCUT2D eigenvalue weighted by Gasteiger charge is -2.35. The maximum Gasteiger partial charge on any atom is 0.416 e. The number of nitrogens with zero attached hydrogens (tertiary/aromatic N) is 4. The Morgan fingerprint density at radius 3 is 2.12 bits per heavy atom. The Balaban J connectivity index is 0.000000205. The molecular formula is C56H56Cl4F6N4O12S. The van der Waals surface area contributed by atoms with E-state index in [2.05, 4.69) is 18.1 Å². The molecule has 1 aromatic heterocycles. The van der Waals surface area contributed by atoms with Gasteiger partial charge in [-0.3, -0.25) is 24.5 Å². The number of hydrogen-bond donors (Lipinski definition) is 0. The predicted octanol–water partition coefficient (Wildman–Crippen LogP) is 14.4. The van der Waals surface area contributed by atoms with Crippen molar-refractivity contribution in [1.29, 1.82) is 0 Å². The van der Waals surface area contributed by atoms with E-state index >= 15 is 0 Å². The van der Waals surface area contributed by atoms with Crippen LogP contribution in [-0.4, -0.2) is 92.1 Å². The fourth-order valence-electron chi connectivity index (χ4n) is 8.33. The molecule has 0 radical (unpaired) electrons. The number of nitro groups is 1. The molecule has 8 rings (SSSR count). The highest BCUT2D eigenvalue weighted by Crippen LogP contribution is 2.43. The second-order valence-corrected chi connectivity index (χ2v) is 22.3. The third-order valence-electron chi connectivity index (χ3n) is 12.3. The van der Waals surface area contributed by atoms with Gasteiger partial charge < -0.3 is 33.3 Å². The number of fused-ring (bicyclic) bond motifs is 1. The second kappa shape index (κ2) is 29.3. The van der Waals surface area contributed by atoms with Gasteiger partial charge in [-0.2, -0.15) is 26.3 Å². The van der Waals surface area contributed by atoms with Crippen molar-refractivity contribution in [3.8, 4) is 23.0 Å². The van der Waals surface area contributed by atoms with Crippen molar-refractivity contribution in [2.75, 3.05) is 48.9 Å². The van der Waals surface area contributed by atoms with E-state index in [4.69, 9.17) is 69.9 Å². The number of ketones is 1. The van der Waals surface area contributed by atoms with Crippen LogP contribution in [0.25, 0.3) is 0 Å². The summed E-state index contributed by atoms with van der Waals surface area (Å²) in [5.41, 5.74) is 1.41. The molecule has 16 nitrogen and oxygen atoms in total. The molecule has 27 heteroatoms. The molecule has 0 saturated heterocycles. The Kier molecular flexibility index (Phi) is 23.7. The largest absolute Gasteiger partial charge is 0.489 e. The number of carbonyl (C=O) groups excluding carboxylic acids is 3. The van der Waals surface area contributed by atoms with Gasteiger partial charge in [0, 0.05) is 37.0 Å². The molecule has 2 unspecified atom stereocenters.